The molecule has 11 heteroatoms. The molecule has 0 aromatic heterocycles. The number of amides is 1. The standard InChI is InChI=1S/C22H27N3O6S2/c1-31-16-22(26)24-12-4-5-17-6-7-18(15-21(17)24)23-33(29,30)20-10-8-19(9-11-20)25-13-2-3-14-32(25,27)28/h6-11,15,23H,2-5,12-14,16H2,1H3. The summed E-state index contributed by atoms with van der Waals surface area (Å²) in [6.45, 7) is 0.890. The van der Waals surface area contributed by atoms with Gasteiger partial charge in [0.15, 0.2) is 0 Å². The molecule has 2 aliphatic heterocycles. The molecule has 0 atom stereocenters. The Kier molecular flexibility index (Phi) is 6.64. The molecule has 0 spiro atoms. The Morgan fingerprint density at radius 1 is 1.06 bits per heavy atom. The first-order chi connectivity index (χ1) is 15.7. The molecule has 33 heavy (non-hydrogen) atoms. The van der Waals surface area contributed by atoms with Gasteiger partial charge in [-0.2, -0.15) is 0 Å². The third-order valence-electron chi connectivity index (χ3n) is 5.81. The van der Waals surface area contributed by atoms with Crippen molar-refractivity contribution in [2.75, 3.05) is 46.5 Å². The Morgan fingerprint density at radius 2 is 1.82 bits per heavy atom. The first kappa shape index (κ1) is 23.5. The second-order valence-electron chi connectivity index (χ2n) is 8.12. The summed E-state index contributed by atoms with van der Waals surface area (Å²) in [5.41, 5.74) is 2.44. The van der Waals surface area contributed by atoms with E-state index in [1.54, 1.807) is 17.0 Å². The number of hydrogen-bond donors (Lipinski definition) is 1. The van der Waals surface area contributed by atoms with E-state index in [1.165, 1.54) is 35.7 Å². The molecule has 0 bridgehead atoms. The van der Waals surface area contributed by atoms with E-state index in [4.69, 9.17) is 4.74 Å². The number of fused-ring (bicyclic) bond motifs is 1. The monoisotopic (exact) mass is 493 g/mol. The summed E-state index contributed by atoms with van der Waals surface area (Å²) >= 11 is 0. The summed E-state index contributed by atoms with van der Waals surface area (Å²) < 4.78 is 59.4. The zero-order valence-corrected chi connectivity index (χ0v) is 20.0. The number of sulfonamides is 2. The van der Waals surface area contributed by atoms with Crippen LogP contribution in [0.5, 0.6) is 0 Å². The minimum absolute atomic E-state index is 0.0192. The summed E-state index contributed by atoms with van der Waals surface area (Å²) in [6.07, 6.45) is 3.03. The number of rotatable bonds is 6. The van der Waals surface area contributed by atoms with Crippen LogP contribution in [0.4, 0.5) is 17.1 Å². The van der Waals surface area contributed by atoms with Crippen LogP contribution in [0.1, 0.15) is 24.8 Å². The molecule has 178 valence electrons. The van der Waals surface area contributed by atoms with E-state index in [9.17, 15) is 21.6 Å². The highest BCUT2D eigenvalue weighted by molar-refractivity contribution is 7.93. The summed E-state index contributed by atoms with van der Waals surface area (Å²) in [6, 6.07) is 11.0. The van der Waals surface area contributed by atoms with E-state index in [0.29, 0.717) is 36.6 Å². The van der Waals surface area contributed by atoms with Crippen LogP contribution in [0.3, 0.4) is 0 Å². The third-order valence-corrected chi connectivity index (χ3v) is 9.08. The van der Waals surface area contributed by atoms with Crippen LogP contribution >= 0.6 is 0 Å². The molecule has 1 saturated heterocycles. The summed E-state index contributed by atoms with van der Waals surface area (Å²) in [7, 11) is -5.82. The number of carbonyl (C=O) groups excluding carboxylic acids is 1. The fourth-order valence-electron chi connectivity index (χ4n) is 4.18. The average Bonchev–Trinajstić information content (AvgIpc) is 2.78. The van der Waals surface area contributed by atoms with Crippen molar-refractivity contribution in [3.05, 3.63) is 48.0 Å². The second kappa shape index (κ2) is 9.32. The van der Waals surface area contributed by atoms with Gasteiger partial charge < -0.3 is 9.64 Å². The lowest BCUT2D eigenvalue weighted by molar-refractivity contribution is -0.122. The Balaban J connectivity index is 1.56. The number of hydrogen-bond acceptors (Lipinski definition) is 6. The second-order valence-corrected chi connectivity index (χ2v) is 11.8. The Morgan fingerprint density at radius 3 is 2.52 bits per heavy atom. The molecule has 4 rings (SSSR count). The van der Waals surface area contributed by atoms with Crippen molar-refractivity contribution in [1.82, 2.24) is 0 Å². The van der Waals surface area contributed by atoms with Gasteiger partial charge in [-0.15, -0.1) is 0 Å². The van der Waals surface area contributed by atoms with Crippen LogP contribution < -0.4 is 13.9 Å². The summed E-state index contributed by atoms with van der Waals surface area (Å²) in [4.78, 5) is 14.0. The predicted octanol–water partition coefficient (Wildman–Crippen LogP) is 2.34. The van der Waals surface area contributed by atoms with Gasteiger partial charge in [-0.3, -0.25) is 13.8 Å². The minimum Gasteiger partial charge on any atom is -0.375 e. The first-order valence-corrected chi connectivity index (χ1v) is 13.9. The lowest BCUT2D eigenvalue weighted by Crippen LogP contribution is -2.37. The Hall–Kier alpha value is -2.63. The number of anilines is 3. The topological polar surface area (TPSA) is 113 Å². The maximum Gasteiger partial charge on any atom is 0.261 e. The first-order valence-electron chi connectivity index (χ1n) is 10.8. The number of aryl methyl sites for hydroxylation is 1. The van der Waals surface area contributed by atoms with Gasteiger partial charge >= 0.3 is 0 Å². The number of methoxy groups -OCH3 is 1. The van der Waals surface area contributed by atoms with Crippen LogP contribution in [0.2, 0.25) is 0 Å². The van der Waals surface area contributed by atoms with Gasteiger partial charge in [0.05, 0.1) is 22.0 Å². The number of carbonyl (C=O) groups is 1. The molecule has 0 aliphatic carbocycles. The molecule has 2 aliphatic rings. The van der Waals surface area contributed by atoms with Gasteiger partial charge in [-0.05, 0) is 67.6 Å². The maximum absolute atomic E-state index is 13.0. The van der Waals surface area contributed by atoms with Gasteiger partial charge in [0.25, 0.3) is 15.9 Å². The number of nitrogens with one attached hydrogen (secondary N) is 1. The molecule has 2 aromatic rings. The van der Waals surface area contributed by atoms with Crippen molar-refractivity contribution in [3.63, 3.8) is 0 Å². The van der Waals surface area contributed by atoms with Crippen molar-refractivity contribution in [1.29, 1.82) is 0 Å². The summed E-state index contributed by atoms with van der Waals surface area (Å²) in [5.74, 6) is -0.0849. The van der Waals surface area contributed by atoms with Crippen molar-refractivity contribution in [3.8, 4) is 0 Å². The zero-order chi connectivity index (χ0) is 23.6. The molecule has 0 saturated carbocycles. The number of nitrogens with zero attached hydrogens (tertiary/aromatic N) is 2. The average molecular weight is 494 g/mol. The maximum atomic E-state index is 13.0. The van der Waals surface area contributed by atoms with Gasteiger partial charge in [-0.25, -0.2) is 16.8 Å². The van der Waals surface area contributed by atoms with E-state index in [2.05, 4.69) is 4.72 Å². The minimum atomic E-state index is -3.91. The van der Waals surface area contributed by atoms with E-state index in [-0.39, 0.29) is 23.2 Å². The summed E-state index contributed by atoms with van der Waals surface area (Å²) in [5, 5.41) is 0. The highest BCUT2D eigenvalue weighted by atomic mass is 32.2. The van der Waals surface area contributed by atoms with E-state index < -0.39 is 20.0 Å². The smallest absolute Gasteiger partial charge is 0.261 e. The van der Waals surface area contributed by atoms with Crippen LogP contribution in [-0.4, -0.2) is 55.3 Å². The van der Waals surface area contributed by atoms with Crippen molar-refractivity contribution < 1.29 is 26.4 Å². The Bertz CT molecular complexity index is 1240. The molecule has 9 nitrogen and oxygen atoms in total. The molecule has 1 N–H and O–H groups in total. The molecule has 0 radical (unpaired) electrons. The Labute approximate surface area is 194 Å². The molecular weight excluding hydrogens is 466 g/mol. The van der Waals surface area contributed by atoms with Gasteiger partial charge in [0.2, 0.25) is 10.0 Å². The van der Waals surface area contributed by atoms with Gasteiger partial charge in [0.1, 0.15) is 6.61 Å². The van der Waals surface area contributed by atoms with Crippen molar-refractivity contribution in [2.24, 2.45) is 0 Å². The van der Waals surface area contributed by atoms with E-state index >= 15 is 0 Å². The SMILES string of the molecule is COCC(=O)N1CCCc2ccc(NS(=O)(=O)c3ccc(N4CCCCS4(=O)=O)cc3)cc21. The molecular formula is C22H27N3O6S2. The zero-order valence-electron chi connectivity index (χ0n) is 18.4. The van der Waals surface area contributed by atoms with E-state index in [1.807, 2.05) is 6.07 Å². The number of benzene rings is 2. The fraction of sp³-hybridized carbons (Fsp3) is 0.409. The third kappa shape index (κ3) is 4.99. The predicted molar refractivity (Wildman–Crippen MR) is 127 cm³/mol. The normalized spacial score (nSPS) is 18.0. The van der Waals surface area contributed by atoms with Crippen molar-refractivity contribution >= 4 is 43.0 Å². The molecule has 2 aromatic carbocycles. The van der Waals surface area contributed by atoms with Crippen molar-refractivity contribution in [2.45, 2.75) is 30.6 Å². The highest BCUT2D eigenvalue weighted by Crippen LogP contribution is 2.31. The lowest BCUT2D eigenvalue weighted by atomic mass is 10.0. The lowest BCUT2D eigenvalue weighted by Gasteiger charge is -2.30. The molecule has 2 heterocycles. The van der Waals surface area contributed by atoms with Crippen LogP contribution in [-0.2, 0) is 36.0 Å². The molecule has 1 amide bonds. The quantitative estimate of drug-likeness (QED) is 0.661. The van der Waals surface area contributed by atoms with Crippen LogP contribution in [0, 0.1) is 0 Å². The van der Waals surface area contributed by atoms with Gasteiger partial charge in [-0.1, -0.05) is 6.07 Å². The number of ether oxygens (including phenoxy) is 1. The van der Waals surface area contributed by atoms with Crippen LogP contribution in [0.25, 0.3) is 0 Å². The van der Waals surface area contributed by atoms with E-state index in [0.717, 1.165) is 24.8 Å². The fourth-order valence-corrected chi connectivity index (χ4v) is 6.87. The molecule has 1 fully saturated rings. The van der Waals surface area contributed by atoms with Crippen LogP contribution in [0.15, 0.2) is 47.4 Å². The highest BCUT2D eigenvalue weighted by Gasteiger charge is 2.27. The van der Waals surface area contributed by atoms with Gasteiger partial charge in [0, 0.05) is 25.9 Å². The largest absolute Gasteiger partial charge is 0.375 e. The molecule has 0 unspecified atom stereocenters.